The smallest absolute Gasteiger partial charge is 0.408 e. The molecule has 3 amide bonds. The number of ether oxygens (including phenoxy) is 1. The van der Waals surface area contributed by atoms with Gasteiger partial charge in [-0.2, -0.15) is 0 Å². The fraction of sp³-hybridized carbons (Fsp3) is 0.559. The molecular formula is C34H51N3O4. The first-order valence-corrected chi connectivity index (χ1v) is 14.9. The number of alkyl carbamates (subject to hydrolysis) is 1. The van der Waals surface area contributed by atoms with Crippen molar-refractivity contribution >= 4 is 23.6 Å². The number of aryl methyl sites for hydroxylation is 3. The van der Waals surface area contributed by atoms with E-state index in [2.05, 4.69) is 17.6 Å². The number of nitrogens with zero attached hydrogens (tertiary/aromatic N) is 1. The second-order valence-corrected chi connectivity index (χ2v) is 12.5. The fourth-order valence-corrected chi connectivity index (χ4v) is 4.97. The lowest BCUT2D eigenvalue weighted by Crippen LogP contribution is -2.53. The zero-order valence-electron chi connectivity index (χ0n) is 26.8. The first kappa shape index (κ1) is 33.9. The van der Waals surface area contributed by atoms with E-state index in [-0.39, 0.29) is 17.7 Å². The summed E-state index contributed by atoms with van der Waals surface area (Å²) in [7, 11) is 0. The molecular weight excluding hydrogens is 514 g/mol. The van der Waals surface area contributed by atoms with Crippen molar-refractivity contribution in [1.29, 1.82) is 0 Å². The minimum Gasteiger partial charge on any atom is -0.444 e. The average Bonchev–Trinajstić information content (AvgIpc) is 2.86. The van der Waals surface area contributed by atoms with E-state index in [9.17, 15) is 14.4 Å². The van der Waals surface area contributed by atoms with Gasteiger partial charge in [0.25, 0.3) is 5.91 Å². The van der Waals surface area contributed by atoms with Gasteiger partial charge in [0.05, 0.1) is 0 Å². The van der Waals surface area contributed by atoms with Crippen LogP contribution in [0.2, 0.25) is 0 Å². The molecule has 0 aliphatic carbocycles. The topological polar surface area (TPSA) is 87.7 Å². The summed E-state index contributed by atoms with van der Waals surface area (Å²) in [6.45, 7) is 19.8. The minimum absolute atomic E-state index is 0.124. The molecule has 2 atom stereocenters. The number of rotatable bonds is 12. The predicted molar refractivity (Wildman–Crippen MR) is 167 cm³/mol. The first-order chi connectivity index (χ1) is 19.2. The van der Waals surface area contributed by atoms with Crippen molar-refractivity contribution in [2.24, 2.45) is 5.92 Å². The molecule has 2 unspecified atom stereocenters. The molecule has 0 bridgehead atoms. The molecule has 0 heterocycles. The summed E-state index contributed by atoms with van der Waals surface area (Å²) >= 11 is 0. The summed E-state index contributed by atoms with van der Waals surface area (Å²) in [5, 5.41) is 5.99. The van der Waals surface area contributed by atoms with E-state index < -0.39 is 23.8 Å². The van der Waals surface area contributed by atoms with Crippen molar-refractivity contribution in [2.45, 2.75) is 113 Å². The van der Waals surface area contributed by atoms with Crippen LogP contribution < -0.4 is 10.6 Å². The van der Waals surface area contributed by atoms with Crippen LogP contribution in [-0.2, 0) is 14.3 Å². The van der Waals surface area contributed by atoms with Crippen molar-refractivity contribution in [2.75, 3.05) is 11.9 Å². The van der Waals surface area contributed by atoms with Gasteiger partial charge in [0.2, 0.25) is 5.91 Å². The highest BCUT2D eigenvalue weighted by Crippen LogP contribution is 2.31. The van der Waals surface area contributed by atoms with E-state index in [1.165, 1.54) is 0 Å². The van der Waals surface area contributed by atoms with E-state index in [1.807, 2.05) is 77.9 Å². The molecule has 0 aliphatic rings. The van der Waals surface area contributed by atoms with Gasteiger partial charge in [-0.1, -0.05) is 70.0 Å². The third-order valence-electron chi connectivity index (χ3n) is 7.21. The van der Waals surface area contributed by atoms with E-state index in [1.54, 1.807) is 25.7 Å². The quantitative estimate of drug-likeness (QED) is 0.260. The van der Waals surface area contributed by atoms with Crippen LogP contribution in [0.4, 0.5) is 10.5 Å². The Hall–Kier alpha value is -3.35. The Morgan fingerprint density at radius 1 is 0.902 bits per heavy atom. The molecule has 226 valence electrons. The molecule has 2 N–H and O–H groups in total. The molecule has 41 heavy (non-hydrogen) atoms. The maximum absolute atomic E-state index is 14.5. The summed E-state index contributed by atoms with van der Waals surface area (Å²) in [4.78, 5) is 43.3. The van der Waals surface area contributed by atoms with Gasteiger partial charge >= 0.3 is 6.09 Å². The molecule has 0 fully saturated rings. The molecule has 2 aromatic rings. The van der Waals surface area contributed by atoms with Crippen molar-refractivity contribution in [3.63, 3.8) is 0 Å². The molecule has 0 aliphatic heterocycles. The van der Waals surface area contributed by atoms with Gasteiger partial charge in [0.15, 0.2) is 0 Å². The van der Waals surface area contributed by atoms with Crippen LogP contribution in [0.5, 0.6) is 0 Å². The third kappa shape index (κ3) is 9.91. The summed E-state index contributed by atoms with van der Waals surface area (Å²) < 4.78 is 5.51. The maximum atomic E-state index is 14.5. The minimum atomic E-state index is -0.881. The van der Waals surface area contributed by atoms with Gasteiger partial charge in [0.1, 0.15) is 17.7 Å². The Morgan fingerprint density at radius 3 is 2.05 bits per heavy atom. The van der Waals surface area contributed by atoms with Crippen molar-refractivity contribution < 1.29 is 19.1 Å². The fourth-order valence-electron chi connectivity index (χ4n) is 4.97. The predicted octanol–water partition coefficient (Wildman–Crippen LogP) is 7.56. The highest BCUT2D eigenvalue weighted by Gasteiger charge is 2.37. The highest BCUT2D eigenvalue weighted by atomic mass is 16.6. The number of hydrogen-bond donors (Lipinski definition) is 2. The highest BCUT2D eigenvalue weighted by molar-refractivity contribution is 6.00. The maximum Gasteiger partial charge on any atom is 0.408 e. The number of anilines is 1. The normalized spacial score (nSPS) is 13.0. The van der Waals surface area contributed by atoms with Gasteiger partial charge in [-0.05, 0) is 95.0 Å². The Labute approximate surface area is 247 Å². The number of benzene rings is 2. The van der Waals surface area contributed by atoms with Crippen molar-refractivity contribution in [3.8, 4) is 0 Å². The lowest BCUT2D eigenvalue weighted by atomic mass is 9.93. The lowest BCUT2D eigenvalue weighted by molar-refractivity contribution is -0.141. The second-order valence-electron chi connectivity index (χ2n) is 12.5. The summed E-state index contributed by atoms with van der Waals surface area (Å²) in [5.41, 5.74) is 4.72. The van der Waals surface area contributed by atoms with Crippen LogP contribution in [0.15, 0.2) is 36.4 Å². The summed E-state index contributed by atoms with van der Waals surface area (Å²) in [5.74, 6) is -0.441. The molecule has 0 aromatic heterocycles. The molecule has 0 spiro atoms. The average molecular weight is 566 g/mol. The Bertz CT molecular complexity index is 1180. The van der Waals surface area contributed by atoms with Crippen LogP contribution in [0.3, 0.4) is 0 Å². The molecule has 7 heteroatoms. The zero-order valence-corrected chi connectivity index (χ0v) is 26.8. The van der Waals surface area contributed by atoms with Crippen LogP contribution in [-0.4, -0.2) is 41.0 Å². The van der Waals surface area contributed by atoms with E-state index >= 15 is 0 Å². The monoisotopic (exact) mass is 565 g/mol. The number of carbonyl (C=O) groups is 3. The van der Waals surface area contributed by atoms with E-state index in [0.29, 0.717) is 13.0 Å². The lowest BCUT2D eigenvalue weighted by Gasteiger charge is -2.36. The van der Waals surface area contributed by atoms with Gasteiger partial charge < -0.3 is 20.3 Å². The van der Waals surface area contributed by atoms with Crippen LogP contribution in [0.25, 0.3) is 0 Å². The molecule has 0 saturated carbocycles. The molecule has 2 rings (SSSR count). The van der Waals surface area contributed by atoms with Crippen molar-refractivity contribution in [3.05, 3.63) is 64.2 Å². The van der Waals surface area contributed by atoms with Gasteiger partial charge in [-0.25, -0.2) is 4.79 Å². The molecule has 0 radical (unpaired) electrons. The molecule has 2 aromatic carbocycles. The first-order valence-electron chi connectivity index (χ1n) is 14.9. The van der Waals surface area contributed by atoms with Crippen LogP contribution in [0.1, 0.15) is 101 Å². The van der Waals surface area contributed by atoms with Crippen LogP contribution >= 0.6 is 0 Å². The largest absolute Gasteiger partial charge is 0.444 e. The van der Waals surface area contributed by atoms with Gasteiger partial charge in [0, 0.05) is 12.2 Å². The zero-order chi connectivity index (χ0) is 30.9. The number of unbranched alkanes of at least 4 members (excludes halogenated alkanes) is 2. The number of hydrogen-bond acceptors (Lipinski definition) is 4. The number of amides is 3. The molecule has 7 nitrogen and oxygen atoms in total. The van der Waals surface area contributed by atoms with Crippen molar-refractivity contribution in [1.82, 2.24) is 10.2 Å². The Balaban J connectivity index is 2.64. The third-order valence-corrected chi connectivity index (χ3v) is 7.21. The van der Waals surface area contributed by atoms with E-state index in [0.717, 1.165) is 52.8 Å². The SMILES string of the molecule is CCCCCN(C(=O)C(CC(C)C)NC(=O)OC(C)(C)C)C(C(=O)Nc1c(C)cccc1C)c1cccc(C)c1C. The number of para-hydroxylation sites is 1. The summed E-state index contributed by atoms with van der Waals surface area (Å²) in [6.07, 6.45) is 2.39. The standard InChI is InChI=1S/C34H51N3O4/c1-11-12-13-20-37(32(39)28(21-22(2)3)35-33(40)41-34(8,9)10)30(27-19-15-16-23(4)26(27)7)31(38)36-29-24(5)17-14-18-25(29)6/h14-19,22,28,30H,11-13,20-21H2,1-10H3,(H,35,40)(H,36,38). The van der Waals surface area contributed by atoms with Gasteiger partial charge in [-0.15, -0.1) is 0 Å². The second kappa shape index (κ2) is 15.0. The Morgan fingerprint density at radius 2 is 1.49 bits per heavy atom. The number of carbonyl (C=O) groups excluding carboxylic acids is 3. The van der Waals surface area contributed by atoms with Crippen LogP contribution in [0, 0.1) is 33.6 Å². The summed E-state index contributed by atoms with van der Waals surface area (Å²) in [6, 6.07) is 10.0. The molecule has 0 saturated heterocycles. The Kier molecular flexibility index (Phi) is 12.4. The van der Waals surface area contributed by atoms with E-state index in [4.69, 9.17) is 4.74 Å². The number of nitrogens with one attached hydrogen (secondary N) is 2. The van der Waals surface area contributed by atoms with Gasteiger partial charge in [-0.3, -0.25) is 9.59 Å².